The van der Waals surface area contributed by atoms with Gasteiger partial charge < -0.3 is 19.7 Å². The van der Waals surface area contributed by atoms with Gasteiger partial charge in [-0.2, -0.15) is 0 Å². The normalized spacial score (nSPS) is 17.9. The molecule has 2 N–H and O–H groups in total. The van der Waals surface area contributed by atoms with Gasteiger partial charge in [0, 0.05) is 12.1 Å². The van der Waals surface area contributed by atoms with Gasteiger partial charge in [-0.15, -0.1) is 10.2 Å². The fourth-order valence-electron chi connectivity index (χ4n) is 3.15. The molecule has 3 rings (SSSR count). The van der Waals surface area contributed by atoms with Crippen LogP contribution in [-0.2, 0) is 6.54 Å². The highest BCUT2D eigenvalue weighted by Crippen LogP contribution is 2.18. The van der Waals surface area contributed by atoms with Crippen LogP contribution in [0.1, 0.15) is 25.7 Å². The van der Waals surface area contributed by atoms with Gasteiger partial charge in [0.1, 0.15) is 0 Å². The third-order valence-corrected chi connectivity index (χ3v) is 4.43. The molecule has 0 unspecified atom stereocenters. The van der Waals surface area contributed by atoms with Crippen LogP contribution in [0, 0.1) is 5.92 Å². The van der Waals surface area contributed by atoms with Crippen molar-refractivity contribution in [1.29, 1.82) is 0 Å². The van der Waals surface area contributed by atoms with E-state index in [-0.39, 0.29) is 6.10 Å². The van der Waals surface area contributed by atoms with Gasteiger partial charge in [0.25, 0.3) is 0 Å². The molecule has 0 radical (unpaired) electrons. The highest BCUT2D eigenvalue weighted by atomic mass is 16.4. The van der Waals surface area contributed by atoms with Gasteiger partial charge in [-0.1, -0.05) is 18.2 Å². The fourth-order valence-corrected chi connectivity index (χ4v) is 3.15. The Labute approximate surface area is 142 Å². The number of nitrogens with zero attached hydrogens (tertiary/aromatic N) is 3. The van der Waals surface area contributed by atoms with E-state index < -0.39 is 0 Å². The lowest BCUT2D eigenvalue weighted by Crippen LogP contribution is -2.40. The Morgan fingerprint density at radius 3 is 2.71 bits per heavy atom. The zero-order valence-corrected chi connectivity index (χ0v) is 14.2. The summed E-state index contributed by atoms with van der Waals surface area (Å²) in [7, 11) is 0. The van der Waals surface area contributed by atoms with E-state index in [1.54, 1.807) is 0 Å². The quantitative estimate of drug-likeness (QED) is 0.808. The first-order valence-electron chi connectivity index (χ1n) is 8.69. The SMILES string of the molecule is C[C@H](O)CN1CCC(CNCc2nnc(-c3ccccc3)o2)CC1. The average Bonchev–Trinajstić information content (AvgIpc) is 3.06. The number of β-amino-alcohol motifs (C(OH)–C–C–N with tert-alkyl or cyclic N) is 1. The van der Waals surface area contributed by atoms with E-state index in [0.717, 1.165) is 31.7 Å². The molecule has 2 heterocycles. The van der Waals surface area contributed by atoms with Crippen molar-refractivity contribution in [1.82, 2.24) is 20.4 Å². The summed E-state index contributed by atoms with van der Waals surface area (Å²) in [5.41, 5.74) is 0.946. The van der Waals surface area contributed by atoms with Crippen LogP contribution >= 0.6 is 0 Å². The number of benzene rings is 1. The van der Waals surface area contributed by atoms with Crippen molar-refractivity contribution in [2.75, 3.05) is 26.2 Å². The molecule has 0 bridgehead atoms. The van der Waals surface area contributed by atoms with Crippen LogP contribution in [0.5, 0.6) is 0 Å². The van der Waals surface area contributed by atoms with E-state index in [4.69, 9.17) is 4.42 Å². The van der Waals surface area contributed by atoms with Crippen molar-refractivity contribution >= 4 is 0 Å². The van der Waals surface area contributed by atoms with Crippen LogP contribution in [0.15, 0.2) is 34.7 Å². The molecule has 1 atom stereocenters. The summed E-state index contributed by atoms with van der Waals surface area (Å²) < 4.78 is 5.70. The molecule has 6 heteroatoms. The summed E-state index contributed by atoms with van der Waals surface area (Å²) in [4.78, 5) is 2.34. The molecule has 1 fully saturated rings. The zero-order chi connectivity index (χ0) is 16.8. The molecule has 1 aliphatic heterocycles. The molecule has 6 nitrogen and oxygen atoms in total. The number of aromatic nitrogens is 2. The number of aliphatic hydroxyl groups is 1. The number of hydrogen-bond donors (Lipinski definition) is 2. The second-order valence-electron chi connectivity index (χ2n) is 6.59. The molecule has 0 spiro atoms. The number of rotatable bonds is 7. The van der Waals surface area contributed by atoms with Crippen molar-refractivity contribution in [2.24, 2.45) is 5.92 Å². The molecule has 1 aliphatic rings. The molecule has 0 saturated carbocycles. The van der Waals surface area contributed by atoms with Crippen LogP contribution in [0.4, 0.5) is 0 Å². The molecule has 1 aromatic heterocycles. The highest BCUT2D eigenvalue weighted by Gasteiger charge is 2.19. The first kappa shape index (κ1) is 17.1. The molecule has 0 aliphatic carbocycles. The van der Waals surface area contributed by atoms with Gasteiger partial charge in [0.2, 0.25) is 11.8 Å². The summed E-state index contributed by atoms with van der Waals surface area (Å²) in [6, 6.07) is 9.81. The lowest BCUT2D eigenvalue weighted by atomic mass is 9.96. The minimum Gasteiger partial charge on any atom is -0.419 e. The number of aliphatic hydroxyl groups excluding tert-OH is 1. The molecule has 130 valence electrons. The monoisotopic (exact) mass is 330 g/mol. The predicted octanol–water partition coefficient (Wildman–Crippen LogP) is 1.92. The van der Waals surface area contributed by atoms with Crippen LogP contribution in [0.2, 0.25) is 0 Å². The number of piperidine rings is 1. The van der Waals surface area contributed by atoms with Crippen LogP contribution < -0.4 is 5.32 Å². The van der Waals surface area contributed by atoms with Gasteiger partial charge in [0.05, 0.1) is 12.6 Å². The maximum atomic E-state index is 9.45. The zero-order valence-electron chi connectivity index (χ0n) is 14.2. The smallest absolute Gasteiger partial charge is 0.247 e. The summed E-state index contributed by atoms with van der Waals surface area (Å²) in [6.45, 7) is 6.33. The van der Waals surface area contributed by atoms with Gasteiger partial charge >= 0.3 is 0 Å². The second kappa shape index (κ2) is 8.37. The second-order valence-corrected chi connectivity index (χ2v) is 6.59. The maximum Gasteiger partial charge on any atom is 0.247 e. The summed E-state index contributed by atoms with van der Waals surface area (Å²) in [6.07, 6.45) is 2.09. The Balaban J connectivity index is 1.39. The molecule has 0 amide bonds. The Bertz CT molecular complexity index is 606. The van der Waals surface area contributed by atoms with Gasteiger partial charge in [-0.25, -0.2) is 0 Å². The number of nitrogens with one attached hydrogen (secondary N) is 1. The van der Waals surface area contributed by atoms with Crippen LogP contribution in [0.3, 0.4) is 0 Å². The minimum absolute atomic E-state index is 0.240. The Kier molecular flexibility index (Phi) is 5.96. The maximum absolute atomic E-state index is 9.45. The van der Waals surface area contributed by atoms with Gasteiger partial charge in [-0.3, -0.25) is 0 Å². The average molecular weight is 330 g/mol. The molecule has 1 saturated heterocycles. The summed E-state index contributed by atoms with van der Waals surface area (Å²) in [5, 5.41) is 21.1. The molecular weight excluding hydrogens is 304 g/mol. The largest absolute Gasteiger partial charge is 0.419 e. The van der Waals surface area contributed by atoms with Gasteiger partial charge in [0.15, 0.2) is 0 Å². The third-order valence-electron chi connectivity index (χ3n) is 4.43. The Morgan fingerprint density at radius 2 is 2.00 bits per heavy atom. The number of likely N-dealkylation sites (tertiary alicyclic amines) is 1. The lowest BCUT2D eigenvalue weighted by molar-refractivity contribution is 0.0997. The van der Waals surface area contributed by atoms with Gasteiger partial charge in [-0.05, 0) is 57.5 Å². The Morgan fingerprint density at radius 1 is 1.25 bits per heavy atom. The van der Waals surface area contributed by atoms with Crippen molar-refractivity contribution < 1.29 is 9.52 Å². The first-order chi connectivity index (χ1) is 11.7. The van der Waals surface area contributed by atoms with E-state index >= 15 is 0 Å². The third kappa shape index (κ3) is 4.87. The summed E-state index contributed by atoms with van der Waals surface area (Å²) >= 11 is 0. The van der Waals surface area contributed by atoms with Crippen molar-refractivity contribution in [3.8, 4) is 11.5 Å². The minimum atomic E-state index is -0.240. The summed E-state index contributed by atoms with van der Waals surface area (Å²) in [5.74, 6) is 1.87. The van der Waals surface area contributed by atoms with Crippen LogP contribution in [-0.4, -0.2) is 52.5 Å². The predicted molar refractivity (Wildman–Crippen MR) is 92.3 cm³/mol. The molecule has 1 aromatic carbocycles. The van der Waals surface area contributed by atoms with Crippen LogP contribution in [0.25, 0.3) is 11.5 Å². The Hall–Kier alpha value is -1.76. The van der Waals surface area contributed by atoms with Crippen molar-refractivity contribution in [2.45, 2.75) is 32.4 Å². The van der Waals surface area contributed by atoms with E-state index in [2.05, 4.69) is 20.4 Å². The van der Waals surface area contributed by atoms with E-state index in [1.807, 2.05) is 37.3 Å². The van der Waals surface area contributed by atoms with E-state index in [9.17, 15) is 5.11 Å². The number of hydrogen-bond acceptors (Lipinski definition) is 6. The topological polar surface area (TPSA) is 74.4 Å². The molecule has 24 heavy (non-hydrogen) atoms. The standard InChI is InChI=1S/C18H26N4O2/c1-14(23)13-22-9-7-15(8-10-22)11-19-12-17-20-21-18(24-17)16-5-3-2-4-6-16/h2-6,14-15,19,23H,7-13H2,1H3/t14-/m0/s1. The molecular formula is C18H26N4O2. The lowest BCUT2D eigenvalue weighted by Gasteiger charge is -2.32. The fraction of sp³-hybridized carbons (Fsp3) is 0.556. The van der Waals surface area contributed by atoms with E-state index in [1.165, 1.54) is 12.8 Å². The van der Waals surface area contributed by atoms with Crippen molar-refractivity contribution in [3.05, 3.63) is 36.2 Å². The highest BCUT2D eigenvalue weighted by molar-refractivity contribution is 5.51. The van der Waals surface area contributed by atoms with Crippen molar-refractivity contribution in [3.63, 3.8) is 0 Å². The van der Waals surface area contributed by atoms with E-state index in [0.29, 0.717) is 24.2 Å². The molecule has 2 aromatic rings. The first-order valence-corrected chi connectivity index (χ1v) is 8.69.